The Kier molecular flexibility index (Phi) is 4.03. The summed E-state index contributed by atoms with van der Waals surface area (Å²) in [6.45, 7) is 2.24. The first kappa shape index (κ1) is 14.6. The minimum Gasteiger partial charge on any atom is -0.481 e. The number of amides is 2. The summed E-state index contributed by atoms with van der Waals surface area (Å²) < 4.78 is 10.9. The smallest absolute Gasteiger partial charge is 0.317 e. The first-order valence-corrected chi connectivity index (χ1v) is 7.58. The maximum atomic E-state index is 12.3. The van der Waals surface area contributed by atoms with Crippen molar-refractivity contribution < 1.29 is 24.2 Å². The summed E-state index contributed by atoms with van der Waals surface area (Å²) >= 11 is 0. The van der Waals surface area contributed by atoms with Crippen LogP contribution in [0.15, 0.2) is 0 Å². The molecule has 3 heterocycles. The van der Waals surface area contributed by atoms with Gasteiger partial charge in [-0.05, 0) is 25.7 Å². The van der Waals surface area contributed by atoms with Gasteiger partial charge >= 0.3 is 12.0 Å². The van der Waals surface area contributed by atoms with Gasteiger partial charge in [-0.25, -0.2) is 4.79 Å². The van der Waals surface area contributed by atoms with Crippen molar-refractivity contribution in [3.05, 3.63) is 0 Å². The van der Waals surface area contributed by atoms with Gasteiger partial charge in [0.05, 0.1) is 17.6 Å². The lowest BCUT2D eigenvalue weighted by Gasteiger charge is -2.36. The molecule has 7 nitrogen and oxygen atoms in total. The molecule has 2 amide bonds. The number of nitrogens with zero attached hydrogens (tertiary/aromatic N) is 1. The minimum atomic E-state index is -0.890. The predicted octanol–water partition coefficient (Wildman–Crippen LogP) is 0.441. The second-order valence-electron chi connectivity index (χ2n) is 6.22. The molecule has 3 aliphatic heterocycles. The molecule has 3 saturated heterocycles. The Morgan fingerprint density at radius 1 is 1.19 bits per heavy atom. The van der Waals surface area contributed by atoms with Crippen molar-refractivity contribution in [1.82, 2.24) is 10.2 Å². The van der Waals surface area contributed by atoms with Gasteiger partial charge in [0.2, 0.25) is 0 Å². The minimum absolute atomic E-state index is 0.144. The Balaban J connectivity index is 1.56. The average molecular weight is 298 g/mol. The number of carbonyl (C=O) groups excluding carboxylic acids is 1. The predicted molar refractivity (Wildman–Crippen MR) is 73.0 cm³/mol. The molecule has 2 atom stereocenters. The highest BCUT2D eigenvalue weighted by Crippen LogP contribution is 2.30. The van der Waals surface area contributed by atoms with E-state index in [0.29, 0.717) is 39.1 Å². The number of fused-ring (bicyclic) bond motifs is 2. The first-order chi connectivity index (χ1) is 10.1. The van der Waals surface area contributed by atoms with Crippen LogP contribution >= 0.6 is 0 Å². The molecule has 3 aliphatic rings. The molecule has 3 rings (SSSR count). The van der Waals surface area contributed by atoms with E-state index in [1.54, 1.807) is 4.90 Å². The van der Waals surface area contributed by atoms with E-state index in [4.69, 9.17) is 9.47 Å². The second kappa shape index (κ2) is 5.81. The standard InChI is InChI=1S/C14H22N2O5/c17-12(18)14(3-5-20-6-4-14)9-15-13(19)16-7-10-1-2-11(8-16)21-10/h10-11H,1-9H2,(H,15,19)(H,17,18). The van der Waals surface area contributed by atoms with Gasteiger partial charge in [0.15, 0.2) is 0 Å². The topological polar surface area (TPSA) is 88.1 Å². The molecular formula is C14H22N2O5. The maximum absolute atomic E-state index is 12.3. The molecule has 0 radical (unpaired) electrons. The third-order valence-corrected chi connectivity index (χ3v) is 4.81. The normalized spacial score (nSPS) is 31.0. The fraction of sp³-hybridized carbons (Fsp3) is 0.857. The van der Waals surface area contributed by atoms with E-state index in [-0.39, 0.29) is 24.8 Å². The van der Waals surface area contributed by atoms with Crippen LogP contribution < -0.4 is 5.32 Å². The van der Waals surface area contributed by atoms with Crippen LogP contribution in [-0.4, -0.2) is 67.1 Å². The van der Waals surface area contributed by atoms with Crippen LogP contribution in [0.5, 0.6) is 0 Å². The number of morpholine rings is 1. The molecule has 0 aromatic heterocycles. The van der Waals surface area contributed by atoms with Crippen molar-refractivity contribution in [2.45, 2.75) is 37.9 Å². The number of rotatable bonds is 3. The third-order valence-electron chi connectivity index (χ3n) is 4.81. The number of likely N-dealkylation sites (tertiary alicyclic amines) is 1. The number of hydrogen-bond acceptors (Lipinski definition) is 4. The zero-order chi connectivity index (χ0) is 14.9. The van der Waals surface area contributed by atoms with Crippen LogP contribution in [0.3, 0.4) is 0 Å². The Hall–Kier alpha value is -1.34. The second-order valence-corrected chi connectivity index (χ2v) is 6.22. The highest BCUT2D eigenvalue weighted by atomic mass is 16.5. The fourth-order valence-corrected chi connectivity index (χ4v) is 3.37. The van der Waals surface area contributed by atoms with Crippen LogP contribution in [0.4, 0.5) is 4.79 Å². The summed E-state index contributed by atoms with van der Waals surface area (Å²) in [5.41, 5.74) is -0.890. The molecular weight excluding hydrogens is 276 g/mol. The van der Waals surface area contributed by atoms with Crippen LogP contribution in [0, 0.1) is 5.41 Å². The third kappa shape index (κ3) is 2.98. The van der Waals surface area contributed by atoms with Crippen molar-refractivity contribution in [3.63, 3.8) is 0 Å². The molecule has 0 aliphatic carbocycles. The van der Waals surface area contributed by atoms with Crippen LogP contribution in [0.25, 0.3) is 0 Å². The lowest BCUT2D eigenvalue weighted by Crippen LogP contribution is -2.53. The molecule has 0 saturated carbocycles. The number of carboxylic acids is 1. The molecule has 2 unspecified atom stereocenters. The SMILES string of the molecule is O=C(NCC1(C(=O)O)CCOCC1)N1CC2CCC(C1)O2. The molecule has 2 N–H and O–H groups in total. The van der Waals surface area contributed by atoms with Gasteiger partial charge in [0, 0.05) is 32.8 Å². The quantitative estimate of drug-likeness (QED) is 0.789. The van der Waals surface area contributed by atoms with Crippen molar-refractivity contribution in [2.75, 3.05) is 32.8 Å². The molecule has 0 aromatic rings. The van der Waals surface area contributed by atoms with E-state index >= 15 is 0 Å². The van der Waals surface area contributed by atoms with Crippen molar-refractivity contribution in [2.24, 2.45) is 5.41 Å². The first-order valence-electron chi connectivity index (χ1n) is 7.58. The van der Waals surface area contributed by atoms with Gasteiger partial charge in [-0.3, -0.25) is 4.79 Å². The largest absolute Gasteiger partial charge is 0.481 e. The Labute approximate surface area is 123 Å². The Morgan fingerprint density at radius 3 is 2.38 bits per heavy atom. The molecule has 118 valence electrons. The van der Waals surface area contributed by atoms with Gasteiger partial charge in [-0.1, -0.05) is 0 Å². The highest BCUT2D eigenvalue weighted by Gasteiger charge is 2.41. The number of aliphatic carboxylic acids is 1. The van der Waals surface area contributed by atoms with E-state index in [9.17, 15) is 14.7 Å². The zero-order valence-electron chi connectivity index (χ0n) is 12.0. The number of carboxylic acid groups (broad SMARTS) is 1. The van der Waals surface area contributed by atoms with E-state index in [0.717, 1.165) is 12.8 Å². The number of nitrogens with one attached hydrogen (secondary N) is 1. The van der Waals surface area contributed by atoms with Gasteiger partial charge < -0.3 is 24.8 Å². The van der Waals surface area contributed by atoms with Crippen LogP contribution in [-0.2, 0) is 14.3 Å². The Morgan fingerprint density at radius 2 is 1.81 bits per heavy atom. The summed E-state index contributed by atoms with van der Waals surface area (Å²) in [5, 5.41) is 12.3. The van der Waals surface area contributed by atoms with Gasteiger partial charge in [-0.15, -0.1) is 0 Å². The van der Waals surface area contributed by atoms with Crippen LogP contribution in [0.1, 0.15) is 25.7 Å². The molecule has 2 bridgehead atoms. The van der Waals surface area contributed by atoms with Crippen LogP contribution in [0.2, 0.25) is 0 Å². The summed E-state index contributed by atoms with van der Waals surface area (Å²) in [4.78, 5) is 25.5. The van der Waals surface area contributed by atoms with Crippen molar-refractivity contribution in [3.8, 4) is 0 Å². The summed E-state index contributed by atoms with van der Waals surface area (Å²) in [7, 11) is 0. The van der Waals surface area contributed by atoms with Gasteiger partial charge in [0.25, 0.3) is 0 Å². The molecule has 7 heteroatoms. The van der Waals surface area contributed by atoms with E-state index in [2.05, 4.69) is 5.32 Å². The maximum Gasteiger partial charge on any atom is 0.317 e. The molecule has 0 aromatic carbocycles. The molecule has 3 fully saturated rings. The zero-order valence-corrected chi connectivity index (χ0v) is 12.0. The lowest BCUT2D eigenvalue weighted by atomic mass is 9.80. The monoisotopic (exact) mass is 298 g/mol. The van der Waals surface area contributed by atoms with Gasteiger partial charge in [0.1, 0.15) is 0 Å². The molecule has 21 heavy (non-hydrogen) atoms. The average Bonchev–Trinajstić information content (AvgIpc) is 2.84. The van der Waals surface area contributed by atoms with E-state index in [1.165, 1.54) is 0 Å². The summed E-state index contributed by atoms with van der Waals surface area (Å²) in [6.07, 6.45) is 3.18. The molecule has 0 spiro atoms. The van der Waals surface area contributed by atoms with E-state index in [1.807, 2.05) is 0 Å². The van der Waals surface area contributed by atoms with E-state index < -0.39 is 11.4 Å². The summed E-state index contributed by atoms with van der Waals surface area (Å²) in [5.74, 6) is -0.854. The fourth-order valence-electron chi connectivity index (χ4n) is 3.37. The highest BCUT2D eigenvalue weighted by molar-refractivity contribution is 5.78. The number of ether oxygens (including phenoxy) is 2. The number of hydrogen-bond donors (Lipinski definition) is 2. The van der Waals surface area contributed by atoms with Crippen molar-refractivity contribution >= 4 is 12.0 Å². The lowest BCUT2D eigenvalue weighted by molar-refractivity contribution is -0.154. The number of urea groups is 1. The Bertz CT molecular complexity index is 410. The van der Waals surface area contributed by atoms with Crippen molar-refractivity contribution in [1.29, 1.82) is 0 Å². The van der Waals surface area contributed by atoms with Gasteiger partial charge in [-0.2, -0.15) is 0 Å². The number of carbonyl (C=O) groups is 2. The summed E-state index contributed by atoms with van der Waals surface area (Å²) in [6, 6.07) is -0.178.